The van der Waals surface area contributed by atoms with Gasteiger partial charge in [-0.1, -0.05) is 23.4 Å². The molecule has 3 heterocycles. The Morgan fingerprint density at radius 2 is 2.03 bits per heavy atom. The van der Waals surface area contributed by atoms with E-state index in [1.54, 1.807) is 12.1 Å². The van der Waals surface area contributed by atoms with E-state index in [0.717, 1.165) is 17.3 Å². The van der Waals surface area contributed by atoms with Gasteiger partial charge in [0.25, 0.3) is 11.8 Å². The second-order valence-corrected chi connectivity index (χ2v) is 7.25. The fourth-order valence-electron chi connectivity index (χ4n) is 3.76. The van der Waals surface area contributed by atoms with Gasteiger partial charge in [-0.25, -0.2) is 4.39 Å². The Labute approximate surface area is 165 Å². The lowest BCUT2D eigenvalue weighted by Gasteiger charge is -2.14. The third-order valence-electron chi connectivity index (χ3n) is 5.28. The average Bonchev–Trinajstić information content (AvgIpc) is 3.48. The fraction of sp³-hybridized carbons (Fsp3) is 0.238. The summed E-state index contributed by atoms with van der Waals surface area (Å²) in [6, 6.07) is 13.5. The van der Waals surface area contributed by atoms with Crippen LogP contribution in [0.5, 0.6) is 0 Å². The van der Waals surface area contributed by atoms with E-state index in [2.05, 4.69) is 20.3 Å². The highest BCUT2D eigenvalue weighted by molar-refractivity contribution is 6.04. The van der Waals surface area contributed by atoms with Crippen molar-refractivity contribution in [2.75, 3.05) is 13.1 Å². The number of halogens is 1. The summed E-state index contributed by atoms with van der Waals surface area (Å²) < 4.78 is 18.4. The maximum absolute atomic E-state index is 13.1. The Hall–Kier alpha value is -3.55. The van der Waals surface area contributed by atoms with Crippen LogP contribution in [-0.2, 0) is 6.42 Å². The Morgan fingerprint density at radius 3 is 2.90 bits per heavy atom. The van der Waals surface area contributed by atoms with Gasteiger partial charge in [0.05, 0.1) is 5.52 Å². The Balaban J connectivity index is 1.25. The minimum atomic E-state index is -0.311. The Bertz CT molecular complexity index is 1170. The summed E-state index contributed by atoms with van der Waals surface area (Å²) in [6.45, 7) is 1.30. The number of para-hydroxylation sites is 1. The van der Waals surface area contributed by atoms with E-state index in [1.165, 1.54) is 12.1 Å². The number of carbonyl (C=O) groups excluding carboxylic acids is 1. The molecule has 1 fully saturated rings. The number of likely N-dealkylation sites (tertiary alicyclic amines) is 1. The molecule has 1 unspecified atom stereocenters. The van der Waals surface area contributed by atoms with Gasteiger partial charge in [0.2, 0.25) is 0 Å². The molecule has 1 amide bonds. The quantitative estimate of drug-likeness (QED) is 0.576. The van der Waals surface area contributed by atoms with E-state index in [4.69, 9.17) is 4.52 Å². The lowest BCUT2D eigenvalue weighted by molar-refractivity contribution is 0.0783. The van der Waals surface area contributed by atoms with Gasteiger partial charge in [0, 0.05) is 30.5 Å². The van der Waals surface area contributed by atoms with E-state index >= 15 is 0 Å². The number of fused-ring (bicyclic) bond motifs is 1. The van der Waals surface area contributed by atoms with Gasteiger partial charge in [-0.2, -0.15) is 10.1 Å². The van der Waals surface area contributed by atoms with Crippen LogP contribution in [0.3, 0.4) is 0 Å². The lowest BCUT2D eigenvalue weighted by Crippen LogP contribution is -2.29. The summed E-state index contributed by atoms with van der Waals surface area (Å²) in [7, 11) is 0. The van der Waals surface area contributed by atoms with Crippen LogP contribution in [0.25, 0.3) is 22.4 Å². The molecule has 7 nitrogen and oxygen atoms in total. The van der Waals surface area contributed by atoms with Crippen LogP contribution >= 0.6 is 0 Å². The van der Waals surface area contributed by atoms with Gasteiger partial charge in [0.15, 0.2) is 11.5 Å². The number of nitrogens with zero attached hydrogens (tertiary/aromatic N) is 4. The standard InChI is InChI=1S/C21H18FN5O2/c22-15-7-5-14(6-8-15)20-23-18(26-29-20)11-13-9-10-27(12-13)21(28)19-16-3-1-2-4-17(16)24-25-19/h1-8,13H,9-12H2,(H,24,25). The van der Waals surface area contributed by atoms with Crippen LogP contribution in [0.1, 0.15) is 22.7 Å². The third kappa shape index (κ3) is 3.37. The number of hydrogen-bond donors (Lipinski definition) is 1. The van der Waals surface area contributed by atoms with Gasteiger partial charge in [-0.3, -0.25) is 9.89 Å². The fourth-order valence-corrected chi connectivity index (χ4v) is 3.76. The summed E-state index contributed by atoms with van der Waals surface area (Å²) in [6.07, 6.45) is 1.49. The van der Waals surface area contributed by atoms with E-state index in [1.807, 2.05) is 29.2 Å². The first-order chi connectivity index (χ1) is 14.2. The van der Waals surface area contributed by atoms with E-state index < -0.39 is 0 Å². The summed E-state index contributed by atoms with van der Waals surface area (Å²) in [5, 5.41) is 12.0. The summed E-state index contributed by atoms with van der Waals surface area (Å²) in [5.41, 5.74) is 1.99. The van der Waals surface area contributed by atoms with Crippen LogP contribution < -0.4 is 0 Å². The number of benzene rings is 2. The molecule has 2 aromatic heterocycles. The molecule has 1 aliphatic rings. The molecule has 146 valence electrons. The third-order valence-corrected chi connectivity index (χ3v) is 5.28. The second-order valence-electron chi connectivity index (χ2n) is 7.25. The van der Waals surface area contributed by atoms with Crippen LogP contribution in [0.15, 0.2) is 53.1 Å². The molecule has 1 atom stereocenters. The molecular formula is C21H18FN5O2. The molecule has 1 saturated heterocycles. The zero-order valence-corrected chi connectivity index (χ0v) is 15.5. The van der Waals surface area contributed by atoms with Crippen molar-refractivity contribution in [2.24, 2.45) is 5.92 Å². The largest absolute Gasteiger partial charge is 0.337 e. The van der Waals surface area contributed by atoms with Crippen LogP contribution in [0, 0.1) is 11.7 Å². The summed E-state index contributed by atoms with van der Waals surface area (Å²) >= 11 is 0. The smallest absolute Gasteiger partial charge is 0.275 e. The average molecular weight is 391 g/mol. The summed E-state index contributed by atoms with van der Waals surface area (Å²) in [5.74, 6) is 0.838. The highest BCUT2D eigenvalue weighted by Crippen LogP contribution is 2.25. The topological polar surface area (TPSA) is 87.9 Å². The molecule has 4 aromatic rings. The molecule has 0 aliphatic carbocycles. The molecular weight excluding hydrogens is 373 g/mol. The van der Waals surface area contributed by atoms with Crippen molar-refractivity contribution in [3.05, 3.63) is 65.9 Å². The molecule has 0 spiro atoms. The SMILES string of the molecule is O=C(c1n[nH]c2ccccc12)N1CCC(Cc2noc(-c3ccc(F)cc3)n2)C1. The first-order valence-electron chi connectivity index (χ1n) is 9.48. The van der Waals surface area contributed by atoms with E-state index in [-0.39, 0.29) is 17.6 Å². The highest BCUT2D eigenvalue weighted by atomic mass is 19.1. The molecule has 2 aromatic carbocycles. The summed E-state index contributed by atoms with van der Waals surface area (Å²) in [4.78, 5) is 19.1. The normalized spacial score (nSPS) is 16.6. The van der Waals surface area contributed by atoms with Gasteiger partial charge in [-0.15, -0.1) is 0 Å². The van der Waals surface area contributed by atoms with Crippen molar-refractivity contribution in [3.8, 4) is 11.5 Å². The van der Waals surface area contributed by atoms with Crippen LogP contribution in [0.4, 0.5) is 4.39 Å². The van der Waals surface area contributed by atoms with Gasteiger partial charge in [-0.05, 0) is 42.7 Å². The number of nitrogens with one attached hydrogen (secondary N) is 1. The van der Waals surface area contributed by atoms with Crippen LogP contribution in [-0.4, -0.2) is 44.2 Å². The van der Waals surface area contributed by atoms with E-state index in [9.17, 15) is 9.18 Å². The van der Waals surface area contributed by atoms with Crippen molar-refractivity contribution in [2.45, 2.75) is 12.8 Å². The molecule has 1 aliphatic heterocycles. The predicted molar refractivity (Wildman–Crippen MR) is 104 cm³/mol. The van der Waals surface area contributed by atoms with Crippen molar-refractivity contribution < 1.29 is 13.7 Å². The van der Waals surface area contributed by atoms with Crippen molar-refractivity contribution in [1.82, 2.24) is 25.2 Å². The zero-order valence-electron chi connectivity index (χ0n) is 15.5. The maximum Gasteiger partial charge on any atom is 0.275 e. The number of carbonyl (C=O) groups is 1. The molecule has 1 N–H and O–H groups in total. The Morgan fingerprint density at radius 1 is 1.21 bits per heavy atom. The first-order valence-corrected chi connectivity index (χ1v) is 9.48. The van der Waals surface area contributed by atoms with Gasteiger partial charge in [0.1, 0.15) is 5.82 Å². The first kappa shape index (κ1) is 17.5. The Kier molecular flexibility index (Phi) is 4.31. The number of H-pyrrole nitrogens is 1. The predicted octanol–water partition coefficient (Wildman–Crippen LogP) is 3.46. The lowest BCUT2D eigenvalue weighted by atomic mass is 10.0. The van der Waals surface area contributed by atoms with E-state index in [0.29, 0.717) is 42.5 Å². The number of aromatic nitrogens is 4. The molecule has 0 bridgehead atoms. The molecule has 0 radical (unpaired) electrons. The monoisotopic (exact) mass is 391 g/mol. The molecule has 29 heavy (non-hydrogen) atoms. The van der Waals surface area contributed by atoms with Crippen molar-refractivity contribution >= 4 is 16.8 Å². The van der Waals surface area contributed by atoms with Gasteiger partial charge >= 0.3 is 0 Å². The molecule has 0 saturated carbocycles. The molecule has 5 rings (SSSR count). The highest BCUT2D eigenvalue weighted by Gasteiger charge is 2.30. The van der Waals surface area contributed by atoms with Crippen LogP contribution in [0.2, 0.25) is 0 Å². The second kappa shape index (κ2) is 7.12. The maximum atomic E-state index is 13.1. The minimum Gasteiger partial charge on any atom is -0.337 e. The minimum absolute atomic E-state index is 0.0648. The van der Waals surface area contributed by atoms with Crippen molar-refractivity contribution in [1.29, 1.82) is 0 Å². The number of rotatable bonds is 4. The van der Waals surface area contributed by atoms with Crippen molar-refractivity contribution in [3.63, 3.8) is 0 Å². The zero-order chi connectivity index (χ0) is 19.8. The molecule has 8 heteroatoms. The number of hydrogen-bond acceptors (Lipinski definition) is 5. The van der Waals surface area contributed by atoms with Gasteiger partial charge < -0.3 is 9.42 Å². The number of amides is 1. The number of aromatic amines is 1.